The zero-order chi connectivity index (χ0) is 14.4. The summed E-state index contributed by atoms with van der Waals surface area (Å²) >= 11 is 0. The summed E-state index contributed by atoms with van der Waals surface area (Å²) < 4.78 is 5.11. The molecule has 1 aromatic rings. The summed E-state index contributed by atoms with van der Waals surface area (Å²) in [5, 5.41) is 2.98. The minimum absolute atomic E-state index is 0.115. The molecule has 0 unspecified atom stereocenters. The van der Waals surface area contributed by atoms with Gasteiger partial charge in [-0.25, -0.2) is 0 Å². The van der Waals surface area contributed by atoms with E-state index in [-0.39, 0.29) is 23.8 Å². The maximum absolute atomic E-state index is 12.2. The van der Waals surface area contributed by atoms with Crippen LogP contribution in [0.1, 0.15) is 43.0 Å². The van der Waals surface area contributed by atoms with E-state index in [2.05, 4.69) is 5.32 Å². The van der Waals surface area contributed by atoms with E-state index in [0.717, 1.165) is 25.7 Å². The van der Waals surface area contributed by atoms with Gasteiger partial charge in [0.25, 0.3) is 5.91 Å². The quantitative estimate of drug-likeness (QED) is 0.859. The molecule has 1 saturated carbocycles. The first-order valence-corrected chi connectivity index (χ1v) is 7.25. The summed E-state index contributed by atoms with van der Waals surface area (Å²) in [6.07, 6.45) is 3.68. The van der Waals surface area contributed by atoms with Crippen molar-refractivity contribution in [2.24, 2.45) is 5.92 Å². The molecule has 0 heterocycles. The van der Waals surface area contributed by atoms with Gasteiger partial charge in [0.1, 0.15) is 0 Å². The van der Waals surface area contributed by atoms with Crippen LogP contribution in [-0.2, 0) is 9.53 Å². The molecule has 0 radical (unpaired) electrons. The molecule has 2 atom stereocenters. The van der Waals surface area contributed by atoms with Gasteiger partial charge in [-0.05, 0) is 31.9 Å². The number of carbonyl (C=O) groups is 2. The summed E-state index contributed by atoms with van der Waals surface area (Å²) in [4.78, 5) is 24.1. The van der Waals surface area contributed by atoms with Gasteiger partial charge in [-0.1, -0.05) is 31.0 Å². The van der Waals surface area contributed by atoms with Gasteiger partial charge < -0.3 is 10.1 Å². The van der Waals surface area contributed by atoms with E-state index in [0.29, 0.717) is 12.2 Å². The fraction of sp³-hybridized carbons (Fsp3) is 0.500. The first kappa shape index (κ1) is 14.6. The summed E-state index contributed by atoms with van der Waals surface area (Å²) in [6, 6.07) is 8.97. The number of esters is 1. The Hall–Kier alpha value is -1.84. The number of carbonyl (C=O) groups excluding carboxylic acids is 2. The lowest BCUT2D eigenvalue weighted by Gasteiger charge is -2.30. The Balaban J connectivity index is 2.02. The molecular weight excluding hydrogens is 254 g/mol. The zero-order valence-electron chi connectivity index (χ0n) is 11.8. The Kier molecular flexibility index (Phi) is 5.16. The number of ether oxygens (including phenoxy) is 1. The fourth-order valence-corrected chi connectivity index (χ4v) is 2.68. The second-order valence-electron chi connectivity index (χ2n) is 5.09. The Bertz CT molecular complexity index is 458. The molecule has 1 aliphatic carbocycles. The minimum atomic E-state index is -0.212. The molecule has 1 amide bonds. The van der Waals surface area contributed by atoms with E-state index in [4.69, 9.17) is 4.74 Å². The van der Waals surface area contributed by atoms with Crippen molar-refractivity contribution in [3.63, 3.8) is 0 Å². The van der Waals surface area contributed by atoms with Crippen LogP contribution in [0.3, 0.4) is 0 Å². The van der Waals surface area contributed by atoms with E-state index in [1.807, 2.05) is 18.2 Å². The Morgan fingerprint density at radius 1 is 1.20 bits per heavy atom. The van der Waals surface area contributed by atoms with Crippen molar-refractivity contribution in [1.29, 1.82) is 0 Å². The summed E-state index contributed by atoms with van der Waals surface area (Å²) in [5.74, 6) is -0.520. The van der Waals surface area contributed by atoms with Crippen molar-refractivity contribution in [2.45, 2.75) is 38.6 Å². The van der Waals surface area contributed by atoms with Crippen LogP contribution >= 0.6 is 0 Å². The fourth-order valence-electron chi connectivity index (χ4n) is 2.68. The highest BCUT2D eigenvalue weighted by Crippen LogP contribution is 2.26. The predicted octanol–water partition coefficient (Wildman–Crippen LogP) is 2.54. The van der Waals surface area contributed by atoms with E-state index in [9.17, 15) is 9.59 Å². The van der Waals surface area contributed by atoms with Crippen molar-refractivity contribution in [2.75, 3.05) is 6.61 Å². The van der Waals surface area contributed by atoms with Crippen molar-refractivity contribution in [1.82, 2.24) is 5.32 Å². The lowest BCUT2D eigenvalue weighted by atomic mass is 9.84. The number of hydrogen-bond acceptors (Lipinski definition) is 3. The summed E-state index contributed by atoms with van der Waals surface area (Å²) in [6.45, 7) is 2.19. The van der Waals surface area contributed by atoms with Gasteiger partial charge in [-0.15, -0.1) is 0 Å². The molecule has 1 N–H and O–H groups in total. The van der Waals surface area contributed by atoms with Gasteiger partial charge in [0.05, 0.1) is 12.5 Å². The number of nitrogens with one attached hydrogen (secondary N) is 1. The molecule has 20 heavy (non-hydrogen) atoms. The highest BCUT2D eigenvalue weighted by molar-refractivity contribution is 5.94. The predicted molar refractivity (Wildman–Crippen MR) is 76.3 cm³/mol. The minimum Gasteiger partial charge on any atom is -0.466 e. The van der Waals surface area contributed by atoms with Gasteiger partial charge >= 0.3 is 5.97 Å². The maximum atomic E-state index is 12.2. The Labute approximate surface area is 119 Å². The lowest BCUT2D eigenvalue weighted by Crippen LogP contribution is -2.45. The third-order valence-electron chi connectivity index (χ3n) is 3.71. The molecule has 2 rings (SSSR count). The van der Waals surface area contributed by atoms with Gasteiger partial charge in [0.15, 0.2) is 0 Å². The van der Waals surface area contributed by atoms with Gasteiger partial charge in [0.2, 0.25) is 0 Å². The molecule has 0 bridgehead atoms. The van der Waals surface area contributed by atoms with Crippen molar-refractivity contribution < 1.29 is 14.3 Å². The van der Waals surface area contributed by atoms with E-state index in [1.54, 1.807) is 19.1 Å². The zero-order valence-corrected chi connectivity index (χ0v) is 11.8. The second kappa shape index (κ2) is 7.08. The van der Waals surface area contributed by atoms with Crippen molar-refractivity contribution in [3.05, 3.63) is 35.9 Å². The highest BCUT2D eigenvalue weighted by atomic mass is 16.5. The molecule has 108 valence electrons. The number of rotatable bonds is 4. The normalized spacial score (nSPS) is 22.1. The van der Waals surface area contributed by atoms with Crippen LogP contribution in [0.15, 0.2) is 30.3 Å². The van der Waals surface area contributed by atoms with Gasteiger partial charge in [-0.3, -0.25) is 9.59 Å². The molecule has 0 spiro atoms. The molecule has 1 aromatic carbocycles. The largest absolute Gasteiger partial charge is 0.466 e. The third-order valence-corrected chi connectivity index (χ3v) is 3.71. The number of amides is 1. The number of hydrogen-bond donors (Lipinski definition) is 1. The SMILES string of the molecule is CCOC(=O)[C@H]1CCCC[C@H]1NC(=O)c1ccccc1. The average Bonchev–Trinajstić information content (AvgIpc) is 2.49. The molecule has 4 nitrogen and oxygen atoms in total. The van der Waals surface area contributed by atoms with Crippen LogP contribution in [0.25, 0.3) is 0 Å². The van der Waals surface area contributed by atoms with Crippen LogP contribution in [0.2, 0.25) is 0 Å². The molecule has 0 aromatic heterocycles. The van der Waals surface area contributed by atoms with E-state index < -0.39 is 0 Å². The van der Waals surface area contributed by atoms with Crippen molar-refractivity contribution in [3.8, 4) is 0 Å². The standard InChI is InChI=1S/C16H21NO3/c1-2-20-16(19)13-10-6-7-11-14(13)17-15(18)12-8-4-3-5-9-12/h3-5,8-9,13-14H,2,6-7,10-11H2,1H3,(H,17,18)/t13-,14+/m0/s1. The molecule has 1 fully saturated rings. The van der Waals surface area contributed by atoms with E-state index >= 15 is 0 Å². The summed E-state index contributed by atoms with van der Waals surface area (Å²) in [7, 11) is 0. The van der Waals surface area contributed by atoms with Gasteiger partial charge in [-0.2, -0.15) is 0 Å². The molecule has 4 heteroatoms. The number of benzene rings is 1. The highest BCUT2D eigenvalue weighted by Gasteiger charge is 2.33. The van der Waals surface area contributed by atoms with E-state index in [1.165, 1.54) is 0 Å². The topological polar surface area (TPSA) is 55.4 Å². The first-order valence-electron chi connectivity index (χ1n) is 7.25. The van der Waals surface area contributed by atoms with Gasteiger partial charge in [0, 0.05) is 11.6 Å². The van der Waals surface area contributed by atoms with Crippen LogP contribution in [-0.4, -0.2) is 24.5 Å². The molecule has 1 aliphatic rings. The van der Waals surface area contributed by atoms with Crippen molar-refractivity contribution >= 4 is 11.9 Å². The Morgan fingerprint density at radius 3 is 2.60 bits per heavy atom. The average molecular weight is 275 g/mol. The Morgan fingerprint density at radius 2 is 1.90 bits per heavy atom. The molecule has 0 saturated heterocycles. The van der Waals surface area contributed by atoms with Crippen LogP contribution in [0.4, 0.5) is 0 Å². The first-order chi connectivity index (χ1) is 9.72. The van der Waals surface area contributed by atoms with Crippen LogP contribution in [0.5, 0.6) is 0 Å². The van der Waals surface area contributed by atoms with Crippen LogP contribution in [0, 0.1) is 5.92 Å². The summed E-state index contributed by atoms with van der Waals surface area (Å²) in [5.41, 5.74) is 0.626. The molecular formula is C16H21NO3. The second-order valence-corrected chi connectivity index (χ2v) is 5.09. The third kappa shape index (κ3) is 3.59. The smallest absolute Gasteiger partial charge is 0.311 e. The maximum Gasteiger partial charge on any atom is 0.311 e. The van der Waals surface area contributed by atoms with Crippen LogP contribution < -0.4 is 5.32 Å². The lowest BCUT2D eigenvalue weighted by molar-refractivity contribution is -0.150. The molecule has 0 aliphatic heterocycles. The monoisotopic (exact) mass is 275 g/mol.